The lowest BCUT2D eigenvalue weighted by atomic mass is 10.2. The van der Waals surface area contributed by atoms with Crippen LogP contribution in [0.2, 0.25) is 0 Å². The van der Waals surface area contributed by atoms with E-state index >= 15 is 0 Å². The number of pyridine rings is 1. The van der Waals surface area contributed by atoms with Gasteiger partial charge >= 0.3 is 0 Å². The van der Waals surface area contributed by atoms with Crippen molar-refractivity contribution in [2.75, 3.05) is 5.32 Å². The molecule has 0 saturated heterocycles. The largest absolute Gasteiger partial charge is 0.352 e. The third-order valence-corrected chi connectivity index (χ3v) is 4.36. The van der Waals surface area contributed by atoms with E-state index in [0.717, 1.165) is 6.42 Å². The Balaban J connectivity index is 2.26. The first-order chi connectivity index (χ1) is 11.9. The second-order valence-corrected chi connectivity index (χ2v) is 6.56. The summed E-state index contributed by atoms with van der Waals surface area (Å²) in [6.45, 7) is 2.46. The summed E-state index contributed by atoms with van der Waals surface area (Å²) >= 11 is 3.20. The minimum Gasteiger partial charge on any atom is -0.352 e. The summed E-state index contributed by atoms with van der Waals surface area (Å²) in [5, 5.41) is 3.11. The van der Waals surface area contributed by atoms with Gasteiger partial charge in [0.05, 0.1) is 17.7 Å². The molecular weight excluding hydrogens is 391 g/mol. The highest BCUT2D eigenvalue weighted by molar-refractivity contribution is 9.10. The highest BCUT2D eigenvalue weighted by Gasteiger charge is 2.15. The van der Waals surface area contributed by atoms with Crippen molar-refractivity contribution in [1.82, 2.24) is 14.1 Å². The van der Waals surface area contributed by atoms with Gasteiger partial charge in [0, 0.05) is 24.1 Å². The molecule has 2 heterocycles. The number of aryl methyl sites for hydroxylation is 2. The van der Waals surface area contributed by atoms with Crippen LogP contribution in [0.3, 0.4) is 0 Å². The maximum Gasteiger partial charge on any atom is 0.264 e. The number of anilines is 2. The van der Waals surface area contributed by atoms with Crippen LogP contribution in [-0.2, 0) is 13.6 Å². The first-order valence-corrected chi connectivity index (χ1v) is 8.53. The van der Waals surface area contributed by atoms with E-state index in [-0.39, 0.29) is 33.5 Å². The molecule has 0 fully saturated rings. The summed E-state index contributed by atoms with van der Waals surface area (Å²) in [5.41, 5.74) is 0.0466. The molecule has 0 unspecified atom stereocenters. The summed E-state index contributed by atoms with van der Waals surface area (Å²) in [6, 6.07) is 5.79. The Hall–Kier alpha value is -2.48. The van der Waals surface area contributed by atoms with Crippen molar-refractivity contribution >= 4 is 38.3 Å². The third kappa shape index (κ3) is 3.21. The molecule has 1 aromatic carbocycles. The van der Waals surface area contributed by atoms with Crippen molar-refractivity contribution in [1.29, 1.82) is 0 Å². The van der Waals surface area contributed by atoms with Gasteiger partial charge in [-0.3, -0.25) is 18.7 Å². The van der Waals surface area contributed by atoms with Crippen molar-refractivity contribution in [2.24, 2.45) is 7.05 Å². The number of aromatic nitrogens is 3. The molecule has 0 aliphatic carbocycles. The van der Waals surface area contributed by atoms with Crippen molar-refractivity contribution in [3.8, 4) is 0 Å². The van der Waals surface area contributed by atoms with Gasteiger partial charge in [-0.05, 0) is 24.6 Å². The van der Waals surface area contributed by atoms with Crippen LogP contribution in [0, 0.1) is 5.82 Å². The van der Waals surface area contributed by atoms with E-state index in [2.05, 4.69) is 26.2 Å². The topological polar surface area (TPSA) is 68.9 Å². The number of fused-ring (bicyclic) bond motifs is 1. The first-order valence-electron chi connectivity index (χ1n) is 7.73. The van der Waals surface area contributed by atoms with Crippen molar-refractivity contribution in [3.05, 3.63) is 61.6 Å². The molecule has 8 heteroatoms. The second-order valence-electron chi connectivity index (χ2n) is 5.65. The van der Waals surface area contributed by atoms with Gasteiger partial charge in [-0.15, -0.1) is 0 Å². The van der Waals surface area contributed by atoms with Crippen LogP contribution in [0.15, 0.2) is 44.7 Å². The molecule has 2 aromatic heterocycles. The molecule has 0 saturated carbocycles. The Morgan fingerprint density at radius 2 is 2.00 bits per heavy atom. The summed E-state index contributed by atoms with van der Waals surface area (Å²) in [4.78, 5) is 29.2. The number of hydrogen-bond donors (Lipinski definition) is 1. The van der Waals surface area contributed by atoms with Crippen LogP contribution < -0.4 is 16.4 Å². The normalized spacial score (nSPS) is 11.0. The predicted octanol–water partition coefficient (Wildman–Crippen LogP) is 3.15. The average molecular weight is 407 g/mol. The van der Waals surface area contributed by atoms with Crippen molar-refractivity contribution in [2.45, 2.75) is 19.9 Å². The van der Waals surface area contributed by atoms with Crippen LogP contribution in [0.4, 0.5) is 15.8 Å². The van der Waals surface area contributed by atoms with Crippen LogP contribution in [0.1, 0.15) is 13.3 Å². The molecule has 25 heavy (non-hydrogen) atoms. The maximum atomic E-state index is 14.1. The van der Waals surface area contributed by atoms with Gasteiger partial charge in [-0.1, -0.05) is 22.9 Å². The molecule has 0 aliphatic rings. The Kier molecular flexibility index (Phi) is 4.71. The van der Waals surface area contributed by atoms with E-state index in [1.165, 1.54) is 33.7 Å². The number of halogens is 2. The quantitative estimate of drug-likeness (QED) is 0.722. The summed E-state index contributed by atoms with van der Waals surface area (Å²) in [6.07, 6.45) is 2.19. The second kappa shape index (κ2) is 6.79. The van der Waals surface area contributed by atoms with Gasteiger partial charge in [-0.25, -0.2) is 9.37 Å². The van der Waals surface area contributed by atoms with Crippen LogP contribution in [-0.4, -0.2) is 14.1 Å². The van der Waals surface area contributed by atoms with Crippen molar-refractivity contribution in [3.63, 3.8) is 0 Å². The Labute approximate surface area is 151 Å². The van der Waals surface area contributed by atoms with E-state index in [1.54, 1.807) is 13.1 Å². The molecule has 0 bridgehead atoms. The standard InChI is InChI=1S/C17H16BrFN4O2/c1-3-6-23-9-20-16-15(17(23)25)13(8-14(24)22(16)2)21-12-5-4-10(18)7-11(12)19/h4-5,7-9,21H,3,6H2,1-2H3. The first kappa shape index (κ1) is 17.3. The molecule has 0 aliphatic heterocycles. The van der Waals surface area contributed by atoms with Crippen LogP contribution in [0.25, 0.3) is 11.0 Å². The monoisotopic (exact) mass is 406 g/mol. The number of hydrogen-bond acceptors (Lipinski definition) is 4. The average Bonchev–Trinajstić information content (AvgIpc) is 2.57. The zero-order valence-corrected chi connectivity index (χ0v) is 15.3. The lowest BCUT2D eigenvalue weighted by Gasteiger charge is -2.13. The van der Waals surface area contributed by atoms with Gasteiger partial charge in [0.1, 0.15) is 11.2 Å². The van der Waals surface area contributed by atoms with Gasteiger partial charge in [0.2, 0.25) is 0 Å². The fourth-order valence-electron chi connectivity index (χ4n) is 2.60. The Bertz CT molecular complexity index is 1070. The molecule has 130 valence electrons. The van der Waals surface area contributed by atoms with E-state index < -0.39 is 5.82 Å². The third-order valence-electron chi connectivity index (χ3n) is 3.87. The minimum absolute atomic E-state index is 0.169. The predicted molar refractivity (Wildman–Crippen MR) is 98.9 cm³/mol. The maximum absolute atomic E-state index is 14.1. The number of nitrogens with one attached hydrogen (secondary N) is 1. The lowest BCUT2D eigenvalue weighted by molar-refractivity contribution is 0.631. The molecule has 6 nitrogen and oxygen atoms in total. The Morgan fingerprint density at radius 1 is 1.24 bits per heavy atom. The van der Waals surface area contributed by atoms with E-state index in [1.807, 2.05) is 6.92 Å². The van der Waals surface area contributed by atoms with E-state index in [9.17, 15) is 14.0 Å². The zero-order chi connectivity index (χ0) is 18.1. The highest BCUT2D eigenvalue weighted by atomic mass is 79.9. The lowest BCUT2D eigenvalue weighted by Crippen LogP contribution is -2.26. The summed E-state index contributed by atoms with van der Waals surface area (Å²) in [5.74, 6) is -0.499. The molecule has 3 aromatic rings. The Morgan fingerprint density at radius 3 is 2.68 bits per heavy atom. The number of nitrogens with zero attached hydrogens (tertiary/aromatic N) is 3. The highest BCUT2D eigenvalue weighted by Crippen LogP contribution is 2.25. The van der Waals surface area contributed by atoms with Gasteiger partial charge in [-0.2, -0.15) is 0 Å². The van der Waals surface area contributed by atoms with Gasteiger partial charge in [0.25, 0.3) is 11.1 Å². The van der Waals surface area contributed by atoms with Crippen molar-refractivity contribution < 1.29 is 4.39 Å². The van der Waals surface area contributed by atoms with Gasteiger partial charge in [0.15, 0.2) is 5.65 Å². The molecule has 0 radical (unpaired) electrons. The fourth-order valence-corrected chi connectivity index (χ4v) is 2.94. The molecule has 0 amide bonds. The summed E-state index contributed by atoms with van der Waals surface area (Å²) < 4.78 is 17.5. The summed E-state index contributed by atoms with van der Waals surface area (Å²) in [7, 11) is 1.55. The SMILES string of the molecule is CCCn1cnc2c(c(Nc3ccc(Br)cc3F)cc(=O)n2C)c1=O. The fraction of sp³-hybridized carbons (Fsp3) is 0.235. The molecule has 0 atom stereocenters. The van der Waals surface area contributed by atoms with Crippen LogP contribution in [0.5, 0.6) is 0 Å². The number of benzene rings is 1. The van der Waals surface area contributed by atoms with E-state index in [0.29, 0.717) is 11.0 Å². The molecular formula is C17H16BrFN4O2. The van der Waals surface area contributed by atoms with Crippen LogP contribution >= 0.6 is 15.9 Å². The zero-order valence-electron chi connectivity index (χ0n) is 13.7. The molecule has 1 N–H and O–H groups in total. The van der Waals surface area contributed by atoms with E-state index in [4.69, 9.17) is 0 Å². The molecule has 0 spiro atoms. The molecule has 3 rings (SSSR count). The number of rotatable bonds is 4. The van der Waals surface area contributed by atoms with Gasteiger partial charge < -0.3 is 5.32 Å². The minimum atomic E-state index is -0.499. The smallest absolute Gasteiger partial charge is 0.264 e.